The van der Waals surface area contributed by atoms with Crippen LogP contribution < -0.4 is 4.74 Å². The molecule has 0 radical (unpaired) electrons. The minimum atomic E-state index is -3.19. The maximum atomic E-state index is 12.8. The van der Waals surface area contributed by atoms with Gasteiger partial charge < -0.3 is 4.74 Å². The van der Waals surface area contributed by atoms with E-state index in [2.05, 4.69) is 0 Å². The van der Waals surface area contributed by atoms with Crippen molar-refractivity contribution in [2.24, 2.45) is 0 Å². The average molecular weight is 345 g/mol. The maximum absolute atomic E-state index is 12.8. The van der Waals surface area contributed by atoms with Crippen LogP contribution in [0.3, 0.4) is 0 Å². The molecule has 1 fully saturated rings. The molecule has 1 saturated heterocycles. The van der Waals surface area contributed by atoms with E-state index in [4.69, 9.17) is 4.74 Å². The Morgan fingerprint density at radius 2 is 1.79 bits per heavy atom. The van der Waals surface area contributed by atoms with Crippen molar-refractivity contribution in [1.29, 1.82) is 0 Å². The van der Waals surface area contributed by atoms with Crippen molar-refractivity contribution in [3.8, 4) is 5.75 Å². The third kappa shape index (κ3) is 2.50. The summed E-state index contributed by atoms with van der Waals surface area (Å²) in [6.07, 6.45) is 2.61. The summed E-state index contributed by atoms with van der Waals surface area (Å²) in [6.45, 7) is 0.796. The smallest absolute Gasteiger partial charge is 0.211 e. The van der Waals surface area contributed by atoms with E-state index < -0.39 is 15.6 Å². The molecule has 2 aromatic rings. The second-order valence-corrected chi connectivity index (χ2v) is 8.69. The Labute approximate surface area is 141 Å². The third-order valence-corrected chi connectivity index (χ3v) is 6.38. The SMILES string of the molecule is CS(=O)(=O)N1CCC2(CC1)CC(=O)c1c(ccc3ccccc13)O2. The second-order valence-electron chi connectivity index (χ2n) is 6.71. The highest BCUT2D eigenvalue weighted by atomic mass is 32.2. The first-order valence-corrected chi connectivity index (χ1v) is 9.92. The zero-order valence-electron chi connectivity index (χ0n) is 13.5. The molecule has 0 bridgehead atoms. The minimum Gasteiger partial charge on any atom is -0.486 e. The van der Waals surface area contributed by atoms with Crippen LogP contribution in [0.1, 0.15) is 29.6 Å². The fourth-order valence-corrected chi connectivity index (χ4v) is 4.62. The summed E-state index contributed by atoms with van der Waals surface area (Å²) >= 11 is 0. The number of carbonyl (C=O) groups excluding carboxylic acids is 1. The highest BCUT2D eigenvalue weighted by molar-refractivity contribution is 7.88. The highest BCUT2D eigenvalue weighted by Crippen LogP contribution is 2.42. The van der Waals surface area contributed by atoms with Gasteiger partial charge in [-0.1, -0.05) is 30.3 Å². The van der Waals surface area contributed by atoms with Gasteiger partial charge in [-0.2, -0.15) is 0 Å². The molecular weight excluding hydrogens is 326 g/mol. The van der Waals surface area contributed by atoms with Crippen LogP contribution in [0, 0.1) is 0 Å². The van der Waals surface area contributed by atoms with E-state index in [1.54, 1.807) is 0 Å². The van der Waals surface area contributed by atoms with Crippen LogP contribution in [-0.4, -0.2) is 43.5 Å². The molecule has 4 rings (SSSR count). The molecule has 0 aromatic heterocycles. The van der Waals surface area contributed by atoms with Crippen LogP contribution in [0.15, 0.2) is 36.4 Å². The molecule has 0 unspecified atom stereocenters. The molecule has 2 heterocycles. The topological polar surface area (TPSA) is 63.7 Å². The average Bonchev–Trinajstić information content (AvgIpc) is 2.53. The molecule has 2 aromatic carbocycles. The van der Waals surface area contributed by atoms with Gasteiger partial charge >= 0.3 is 0 Å². The molecular formula is C18H19NO4S. The zero-order chi connectivity index (χ0) is 16.9. The summed E-state index contributed by atoms with van der Waals surface area (Å²) in [5, 5.41) is 1.94. The van der Waals surface area contributed by atoms with Gasteiger partial charge in [0, 0.05) is 25.9 Å². The first-order chi connectivity index (χ1) is 11.4. The lowest BCUT2D eigenvalue weighted by atomic mass is 9.82. The van der Waals surface area contributed by atoms with Gasteiger partial charge in [0.15, 0.2) is 5.78 Å². The zero-order valence-corrected chi connectivity index (χ0v) is 14.3. The number of benzene rings is 2. The molecule has 24 heavy (non-hydrogen) atoms. The largest absolute Gasteiger partial charge is 0.486 e. The molecule has 0 aliphatic carbocycles. The van der Waals surface area contributed by atoms with Crippen LogP contribution in [0.25, 0.3) is 10.8 Å². The predicted molar refractivity (Wildman–Crippen MR) is 91.9 cm³/mol. The maximum Gasteiger partial charge on any atom is 0.211 e. The predicted octanol–water partition coefficient (Wildman–Crippen LogP) is 2.60. The van der Waals surface area contributed by atoms with Crippen molar-refractivity contribution in [1.82, 2.24) is 4.31 Å². The summed E-state index contributed by atoms with van der Waals surface area (Å²) in [4.78, 5) is 12.8. The Kier molecular flexibility index (Phi) is 3.44. The molecule has 0 atom stereocenters. The van der Waals surface area contributed by atoms with Gasteiger partial charge in [0.25, 0.3) is 0 Å². The third-order valence-electron chi connectivity index (χ3n) is 5.08. The monoisotopic (exact) mass is 345 g/mol. The molecule has 5 nitrogen and oxygen atoms in total. The van der Waals surface area contributed by atoms with Crippen molar-refractivity contribution in [3.05, 3.63) is 42.0 Å². The number of nitrogens with zero attached hydrogens (tertiary/aromatic N) is 1. The lowest BCUT2D eigenvalue weighted by Crippen LogP contribution is -2.52. The standard InChI is InChI=1S/C18H19NO4S/c1-24(21,22)19-10-8-18(9-11-19)12-15(20)17-14-5-3-2-4-13(14)6-7-16(17)23-18/h2-7H,8-12H2,1H3. The molecule has 2 aliphatic heterocycles. The number of piperidine rings is 1. The van der Waals surface area contributed by atoms with Crippen LogP contribution in [-0.2, 0) is 10.0 Å². The number of sulfonamides is 1. The number of carbonyl (C=O) groups is 1. The van der Waals surface area contributed by atoms with Crippen molar-refractivity contribution in [2.75, 3.05) is 19.3 Å². The van der Waals surface area contributed by atoms with Gasteiger partial charge in [0.1, 0.15) is 11.4 Å². The summed E-state index contributed by atoms with van der Waals surface area (Å²) in [7, 11) is -3.19. The Hall–Kier alpha value is -1.92. The summed E-state index contributed by atoms with van der Waals surface area (Å²) < 4.78 is 31.1. The molecule has 0 amide bonds. The fraction of sp³-hybridized carbons (Fsp3) is 0.389. The Bertz CT molecular complexity index is 927. The Morgan fingerprint density at radius 1 is 1.08 bits per heavy atom. The number of Topliss-reactive ketones (excluding diaryl/α,β-unsaturated/α-hetero) is 1. The van der Waals surface area contributed by atoms with E-state index in [1.807, 2.05) is 36.4 Å². The number of hydrogen-bond acceptors (Lipinski definition) is 4. The second kappa shape index (κ2) is 5.29. The van der Waals surface area contributed by atoms with E-state index >= 15 is 0 Å². The van der Waals surface area contributed by atoms with Gasteiger partial charge in [0.05, 0.1) is 18.2 Å². The molecule has 2 aliphatic rings. The van der Waals surface area contributed by atoms with Crippen molar-refractivity contribution < 1.29 is 17.9 Å². The minimum absolute atomic E-state index is 0.0841. The quantitative estimate of drug-likeness (QED) is 0.797. The molecule has 1 spiro atoms. The number of hydrogen-bond donors (Lipinski definition) is 0. The lowest BCUT2D eigenvalue weighted by molar-refractivity contribution is 0.00632. The fourth-order valence-electron chi connectivity index (χ4n) is 3.78. The summed E-state index contributed by atoms with van der Waals surface area (Å²) in [5.41, 5.74) is 0.0811. The Balaban J connectivity index is 1.68. The number of fused-ring (bicyclic) bond motifs is 3. The van der Waals surface area contributed by atoms with E-state index in [1.165, 1.54) is 10.6 Å². The molecule has 126 valence electrons. The number of ketones is 1. The van der Waals surface area contributed by atoms with E-state index in [0.717, 1.165) is 10.8 Å². The van der Waals surface area contributed by atoms with Crippen molar-refractivity contribution in [2.45, 2.75) is 24.9 Å². The van der Waals surface area contributed by atoms with E-state index in [-0.39, 0.29) is 5.78 Å². The molecule has 0 saturated carbocycles. The number of rotatable bonds is 1. The van der Waals surface area contributed by atoms with Crippen LogP contribution >= 0.6 is 0 Å². The highest BCUT2D eigenvalue weighted by Gasteiger charge is 2.44. The number of ether oxygens (including phenoxy) is 1. The van der Waals surface area contributed by atoms with Gasteiger partial charge in [-0.25, -0.2) is 12.7 Å². The van der Waals surface area contributed by atoms with Crippen molar-refractivity contribution in [3.63, 3.8) is 0 Å². The molecule has 6 heteroatoms. The van der Waals surface area contributed by atoms with Crippen molar-refractivity contribution >= 4 is 26.6 Å². The molecule has 0 N–H and O–H groups in total. The van der Waals surface area contributed by atoms with Gasteiger partial charge in [-0.05, 0) is 16.8 Å². The van der Waals surface area contributed by atoms with E-state index in [9.17, 15) is 13.2 Å². The lowest BCUT2D eigenvalue weighted by Gasteiger charge is -2.43. The summed E-state index contributed by atoms with van der Waals surface area (Å²) in [6, 6.07) is 11.6. The normalized spacial score (nSPS) is 20.8. The van der Waals surface area contributed by atoms with Gasteiger partial charge in [-0.3, -0.25) is 4.79 Å². The van der Waals surface area contributed by atoms with Crippen LogP contribution in [0.2, 0.25) is 0 Å². The van der Waals surface area contributed by atoms with E-state index in [0.29, 0.717) is 43.7 Å². The van der Waals surface area contributed by atoms with Crippen LogP contribution in [0.5, 0.6) is 5.75 Å². The van der Waals surface area contributed by atoms with Gasteiger partial charge in [-0.15, -0.1) is 0 Å². The first kappa shape index (κ1) is 15.6. The van der Waals surface area contributed by atoms with Crippen LogP contribution in [0.4, 0.5) is 0 Å². The first-order valence-electron chi connectivity index (χ1n) is 8.07. The Morgan fingerprint density at radius 3 is 2.50 bits per heavy atom. The summed E-state index contributed by atoms with van der Waals surface area (Å²) in [5.74, 6) is 0.707. The van der Waals surface area contributed by atoms with Gasteiger partial charge in [0.2, 0.25) is 10.0 Å².